The van der Waals surface area contributed by atoms with Crippen LogP contribution in [0.4, 0.5) is 11.9 Å². The molecule has 1 aromatic rings. The molecule has 10 nitrogen and oxygen atoms in total. The SMILES string of the molecule is Nc1nc(N)nc(C(N)(CC(=O)O)CC(=O)O)n1. The minimum absolute atomic E-state index is 0.261. The van der Waals surface area contributed by atoms with E-state index in [9.17, 15) is 9.59 Å². The summed E-state index contributed by atoms with van der Waals surface area (Å²) in [5, 5.41) is 17.5. The Balaban J connectivity index is 3.23. The molecule has 0 aromatic carbocycles. The van der Waals surface area contributed by atoms with Crippen LogP contribution < -0.4 is 17.2 Å². The maximum atomic E-state index is 10.7. The predicted molar refractivity (Wildman–Crippen MR) is 59.0 cm³/mol. The van der Waals surface area contributed by atoms with Gasteiger partial charge in [0.2, 0.25) is 11.9 Å². The van der Waals surface area contributed by atoms with E-state index in [-0.39, 0.29) is 17.7 Å². The van der Waals surface area contributed by atoms with Crippen molar-refractivity contribution in [2.45, 2.75) is 18.4 Å². The summed E-state index contributed by atoms with van der Waals surface area (Å²) in [5.74, 6) is -3.38. The highest BCUT2D eigenvalue weighted by Gasteiger charge is 2.36. The second-order valence-electron chi connectivity index (χ2n) is 3.67. The third-order valence-corrected chi connectivity index (χ3v) is 2.05. The monoisotopic (exact) mass is 256 g/mol. The average Bonchev–Trinajstić information content (AvgIpc) is 2.12. The third-order valence-electron chi connectivity index (χ3n) is 2.05. The molecule has 0 aliphatic heterocycles. The highest BCUT2D eigenvalue weighted by Crippen LogP contribution is 2.24. The van der Waals surface area contributed by atoms with Gasteiger partial charge in [-0.2, -0.15) is 15.0 Å². The normalized spacial score (nSPS) is 11.2. The zero-order valence-corrected chi connectivity index (χ0v) is 9.20. The molecule has 10 heteroatoms. The van der Waals surface area contributed by atoms with Gasteiger partial charge < -0.3 is 27.4 Å². The van der Waals surface area contributed by atoms with Crippen molar-refractivity contribution in [2.75, 3.05) is 11.5 Å². The second-order valence-corrected chi connectivity index (χ2v) is 3.67. The molecule has 0 saturated carbocycles. The number of rotatable bonds is 5. The smallest absolute Gasteiger partial charge is 0.305 e. The Kier molecular flexibility index (Phi) is 3.61. The van der Waals surface area contributed by atoms with Crippen molar-refractivity contribution in [2.24, 2.45) is 5.73 Å². The molecule has 0 spiro atoms. The van der Waals surface area contributed by atoms with E-state index in [1.807, 2.05) is 0 Å². The molecule has 0 radical (unpaired) electrons. The highest BCUT2D eigenvalue weighted by molar-refractivity contribution is 5.73. The van der Waals surface area contributed by atoms with Crippen LogP contribution in [0.25, 0.3) is 0 Å². The van der Waals surface area contributed by atoms with Crippen molar-refractivity contribution in [1.29, 1.82) is 0 Å². The minimum atomic E-state index is -1.80. The molecule has 0 unspecified atom stereocenters. The zero-order chi connectivity index (χ0) is 13.9. The molecule has 1 aromatic heterocycles. The van der Waals surface area contributed by atoms with Gasteiger partial charge in [-0.1, -0.05) is 0 Å². The summed E-state index contributed by atoms with van der Waals surface area (Å²) in [6, 6.07) is 0. The number of nitrogens with zero attached hydrogens (tertiary/aromatic N) is 3. The maximum absolute atomic E-state index is 10.7. The summed E-state index contributed by atoms with van der Waals surface area (Å²) in [7, 11) is 0. The highest BCUT2D eigenvalue weighted by atomic mass is 16.4. The van der Waals surface area contributed by atoms with E-state index in [2.05, 4.69) is 15.0 Å². The molecule has 0 aliphatic rings. The first-order valence-corrected chi connectivity index (χ1v) is 4.73. The van der Waals surface area contributed by atoms with Crippen LogP contribution in [0.15, 0.2) is 0 Å². The fourth-order valence-electron chi connectivity index (χ4n) is 1.39. The summed E-state index contributed by atoms with van der Waals surface area (Å²) in [6.07, 6.45) is -1.36. The summed E-state index contributed by atoms with van der Waals surface area (Å²) in [5.41, 5.74) is 14.6. The maximum Gasteiger partial charge on any atom is 0.305 e. The van der Waals surface area contributed by atoms with E-state index in [1.54, 1.807) is 0 Å². The Morgan fingerprint density at radius 2 is 1.39 bits per heavy atom. The fourth-order valence-corrected chi connectivity index (χ4v) is 1.39. The Morgan fingerprint density at radius 1 is 1.00 bits per heavy atom. The summed E-state index contributed by atoms with van der Waals surface area (Å²) >= 11 is 0. The van der Waals surface area contributed by atoms with Crippen molar-refractivity contribution in [3.05, 3.63) is 5.82 Å². The van der Waals surface area contributed by atoms with Crippen molar-refractivity contribution < 1.29 is 19.8 Å². The van der Waals surface area contributed by atoms with Crippen LogP contribution in [0.3, 0.4) is 0 Å². The fraction of sp³-hybridized carbons (Fsp3) is 0.375. The van der Waals surface area contributed by atoms with Crippen LogP contribution in [-0.2, 0) is 15.1 Å². The van der Waals surface area contributed by atoms with Gasteiger partial charge in [0, 0.05) is 0 Å². The standard InChI is InChI=1S/C8H12N6O4/c9-6-12-5(13-7(10)14-6)8(11,1-3(15)16)2-4(17)18/h1-2,11H2,(H,15,16)(H,17,18)(H4,9,10,12,13,14). The molecular weight excluding hydrogens is 244 g/mol. The van der Waals surface area contributed by atoms with Crippen LogP contribution >= 0.6 is 0 Å². The number of hydrogen-bond acceptors (Lipinski definition) is 8. The summed E-state index contributed by atoms with van der Waals surface area (Å²) < 4.78 is 0. The number of nitrogens with two attached hydrogens (primary N) is 3. The molecule has 0 bridgehead atoms. The number of carbonyl (C=O) groups is 2. The molecule has 0 fully saturated rings. The molecule has 0 atom stereocenters. The van der Waals surface area contributed by atoms with E-state index in [1.165, 1.54) is 0 Å². The summed E-state index contributed by atoms with van der Waals surface area (Å²) in [6.45, 7) is 0. The lowest BCUT2D eigenvalue weighted by atomic mass is 9.91. The molecule has 98 valence electrons. The van der Waals surface area contributed by atoms with E-state index in [4.69, 9.17) is 27.4 Å². The van der Waals surface area contributed by atoms with Gasteiger partial charge in [-0.05, 0) is 0 Å². The lowest BCUT2D eigenvalue weighted by Gasteiger charge is -2.24. The van der Waals surface area contributed by atoms with Gasteiger partial charge in [0.1, 0.15) is 0 Å². The van der Waals surface area contributed by atoms with Crippen molar-refractivity contribution >= 4 is 23.8 Å². The minimum Gasteiger partial charge on any atom is -0.481 e. The van der Waals surface area contributed by atoms with Gasteiger partial charge in [-0.15, -0.1) is 0 Å². The molecule has 0 aliphatic carbocycles. The predicted octanol–water partition coefficient (Wildman–Crippen LogP) is -1.86. The molecule has 0 saturated heterocycles. The van der Waals surface area contributed by atoms with E-state index in [0.717, 1.165) is 0 Å². The van der Waals surface area contributed by atoms with Crippen LogP contribution in [0.2, 0.25) is 0 Å². The van der Waals surface area contributed by atoms with Crippen LogP contribution in [-0.4, -0.2) is 37.1 Å². The Hall–Kier alpha value is -2.49. The first-order valence-electron chi connectivity index (χ1n) is 4.73. The van der Waals surface area contributed by atoms with Gasteiger partial charge in [0.05, 0.1) is 18.4 Å². The third kappa shape index (κ3) is 3.25. The Morgan fingerprint density at radius 3 is 1.72 bits per heavy atom. The van der Waals surface area contributed by atoms with Crippen molar-refractivity contribution in [1.82, 2.24) is 15.0 Å². The number of aliphatic carboxylic acids is 2. The number of carboxylic acids is 2. The number of anilines is 2. The van der Waals surface area contributed by atoms with E-state index in [0.29, 0.717) is 0 Å². The Labute approximate surface area is 101 Å². The van der Waals surface area contributed by atoms with Gasteiger partial charge in [0.15, 0.2) is 5.82 Å². The molecular formula is C8H12N6O4. The zero-order valence-electron chi connectivity index (χ0n) is 9.20. The van der Waals surface area contributed by atoms with E-state index < -0.39 is 30.3 Å². The largest absolute Gasteiger partial charge is 0.481 e. The molecule has 1 rings (SSSR count). The lowest BCUT2D eigenvalue weighted by molar-refractivity contribution is -0.141. The number of nitrogen functional groups attached to an aromatic ring is 2. The van der Waals surface area contributed by atoms with Crippen molar-refractivity contribution in [3.63, 3.8) is 0 Å². The van der Waals surface area contributed by atoms with Gasteiger partial charge in [-0.3, -0.25) is 9.59 Å². The molecule has 1 heterocycles. The lowest BCUT2D eigenvalue weighted by Crippen LogP contribution is -2.43. The van der Waals surface area contributed by atoms with Gasteiger partial charge in [0.25, 0.3) is 0 Å². The number of hydrogen-bond donors (Lipinski definition) is 5. The first-order chi connectivity index (χ1) is 8.23. The topological polar surface area (TPSA) is 191 Å². The van der Waals surface area contributed by atoms with Crippen molar-refractivity contribution in [3.8, 4) is 0 Å². The molecule has 0 amide bonds. The van der Waals surface area contributed by atoms with E-state index >= 15 is 0 Å². The first kappa shape index (κ1) is 13.6. The quantitative estimate of drug-likeness (QED) is 0.399. The summed E-state index contributed by atoms with van der Waals surface area (Å²) in [4.78, 5) is 32.2. The Bertz CT molecular complexity index is 454. The van der Waals surface area contributed by atoms with Crippen LogP contribution in [0.5, 0.6) is 0 Å². The molecule has 18 heavy (non-hydrogen) atoms. The van der Waals surface area contributed by atoms with Crippen LogP contribution in [0, 0.1) is 0 Å². The molecule has 8 N–H and O–H groups in total. The second kappa shape index (κ2) is 4.79. The number of aromatic nitrogens is 3. The average molecular weight is 256 g/mol. The number of carboxylic acid groups (broad SMARTS) is 2. The van der Waals surface area contributed by atoms with Gasteiger partial charge in [-0.25, -0.2) is 0 Å². The van der Waals surface area contributed by atoms with Crippen LogP contribution in [0.1, 0.15) is 18.7 Å². The van der Waals surface area contributed by atoms with Gasteiger partial charge >= 0.3 is 11.9 Å².